The molecule has 0 aromatic heterocycles. The Morgan fingerprint density at radius 3 is 2.26 bits per heavy atom. The minimum atomic E-state index is -4.14. The number of rotatable bonds is 3. The van der Waals surface area contributed by atoms with Gasteiger partial charge in [-0.05, 0) is 12.5 Å². The molecule has 1 aliphatic heterocycles. The zero-order valence-electron chi connectivity index (χ0n) is 11.0. The molecule has 1 aromatic rings. The highest BCUT2D eigenvalue weighted by atomic mass is 19.4. The van der Waals surface area contributed by atoms with Gasteiger partial charge in [0.2, 0.25) is 0 Å². The summed E-state index contributed by atoms with van der Waals surface area (Å²) in [4.78, 5) is 1.93. The van der Waals surface area contributed by atoms with Gasteiger partial charge in [0, 0.05) is 32.2 Å². The number of nitrogens with one attached hydrogen (secondary N) is 1. The Kier molecular flexibility index (Phi) is 4.47. The van der Waals surface area contributed by atoms with E-state index in [4.69, 9.17) is 0 Å². The topological polar surface area (TPSA) is 15.3 Å². The summed E-state index contributed by atoms with van der Waals surface area (Å²) in [6.07, 6.45) is -4.92. The Bertz CT molecular complexity index is 394. The highest BCUT2D eigenvalue weighted by Crippen LogP contribution is 2.33. The fourth-order valence-electron chi connectivity index (χ4n) is 2.46. The van der Waals surface area contributed by atoms with Crippen molar-refractivity contribution >= 4 is 0 Å². The summed E-state index contributed by atoms with van der Waals surface area (Å²) < 4.78 is 38.4. The van der Waals surface area contributed by atoms with Gasteiger partial charge in [0.1, 0.15) is 0 Å². The van der Waals surface area contributed by atoms with Crippen LogP contribution in [0.4, 0.5) is 13.2 Å². The highest BCUT2D eigenvalue weighted by molar-refractivity contribution is 5.24. The van der Waals surface area contributed by atoms with Crippen LogP contribution in [0.1, 0.15) is 23.6 Å². The molecule has 19 heavy (non-hydrogen) atoms. The lowest BCUT2D eigenvalue weighted by Crippen LogP contribution is -2.46. The van der Waals surface area contributed by atoms with E-state index in [0.29, 0.717) is 13.1 Å². The van der Waals surface area contributed by atoms with E-state index in [1.165, 1.54) is 0 Å². The quantitative estimate of drug-likeness (QED) is 0.910. The van der Waals surface area contributed by atoms with Crippen molar-refractivity contribution in [3.05, 3.63) is 35.4 Å². The number of halogens is 3. The molecule has 0 saturated carbocycles. The SMILES string of the molecule is Cc1ccc([C@H](CC(F)(F)F)N2CCNCC2)cc1. The minimum Gasteiger partial charge on any atom is -0.314 e. The Hall–Kier alpha value is -1.07. The van der Waals surface area contributed by atoms with Crippen molar-refractivity contribution in [1.82, 2.24) is 10.2 Å². The third-order valence-corrected chi connectivity index (χ3v) is 3.48. The van der Waals surface area contributed by atoms with Crippen molar-refractivity contribution in [1.29, 1.82) is 0 Å². The lowest BCUT2D eigenvalue weighted by molar-refractivity contribution is -0.148. The first-order valence-corrected chi connectivity index (χ1v) is 6.54. The molecule has 1 aromatic carbocycles. The molecule has 0 amide bonds. The fourth-order valence-corrected chi connectivity index (χ4v) is 2.46. The molecule has 0 spiro atoms. The molecule has 106 valence electrons. The molecule has 0 bridgehead atoms. The zero-order chi connectivity index (χ0) is 13.9. The van der Waals surface area contributed by atoms with Crippen LogP contribution in [0.3, 0.4) is 0 Å². The fraction of sp³-hybridized carbons (Fsp3) is 0.571. The van der Waals surface area contributed by atoms with Crippen LogP contribution in [0, 0.1) is 6.92 Å². The van der Waals surface area contributed by atoms with Gasteiger partial charge in [0.25, 0.3) is 0 Å². The maximum atomic E-state index is 12.8. The average Bonchev–Trinajstić information content (AvgIpc) is 2.37. The molecule has 1 heterocycles. The lowest BCUT2D eigenvalue weighted by Gasteiger charge is -2.35. The number of piperazine rings is 1. The smallest absolute Gasteiger partial charge is 0.314 e. The number of aryl methyl sites for hydroxylation is 1. The van der Waals surface area contributed by atoms with Gasteiger partial charge in [-0.3, -0.25) is 4.90 Å². The maximum Gasteiger partial charge on any atom is 0.390 e. The van der Waals surface area contributed by atoms with E-state index in [1.54, 1.807) is 0 Å². The second-order valence-corrected chi connectivity index (χ2v) is 5.03. The van der Waals surface area contributed by atoms with E-state index in [-0.39, 0.29) is 0 Å². The van der Waals surface area contributed by atoms with Crippen LogP contribution in [0.25, 0.3) is 0 Å². The van der Waals surface area contributed by atoms with Crippen LogP contribution in [-0.2, 0) is 0 Å². The van der Waals surface area contributed by atoms with Gasteiger partial charge in [0.15, 0.2) is 0 Å². The number of benzene rings is 1. The predicted molar refractivity (Wildman–Crippen MR) is 69.0 cm³/mol. The molecule has 0 unspecified atom stereocenters. The summed E-state index contributed by atoms with van der Waals surface area (Å²) in [5.41, 5.74) is 1.82. The van der Waals surface area contributed by atoms with E-state index in [9.17, 15) is 13.2 Å². The third-order valence-electron chi connectivity index (χ3n) is 3.48. The van der Waals surface area contributed by atoms with E-state index >= 15 is 0 Å². The lowest BCUT2D eigenvalue weighted by atomic mass is 10.00. The van der Waals surface area contributed by atoms with Gasteiger partial charge in [-0.2, -0.15) is 13.2 Å². The van der Waals surface area contributed by atoms with Crippen LogP contribution >= 0.6 is 0 Å². The summed E-state index contributed by atoms with van der Waals surface area (Å²) in [5, 5.41) is 3.17. The van der Waals surface area contributed by atoms with Gasteiger partial charge in [-0.1, -0.05) is 29.8 Å². The van der Waals surface area contributed by atoms with Crippen molar-refractivity contribution < 1.29 is 13.2 Å². The number of nitrogens with zero attached hydrogens (tertiary/aromatic N) is 1. The van der Waals surface area contributed by atoms with Crippen molar-refractivity contribution in [2.75, 3.05) is 26.2 Å². The maximum absolute atomic E-state index is 12.8. The van der Waals surface area contributed by atoms with Gasteiger partial charge in [0.05, 0.1) is 6.42 Å². The van der Waals surface area contributed by atoms with Crippen LogP contribution in [0.2, 0.25) is 0 Å². The molecule has 1 fully saturated rings. The van der Waals surface area contributed by atoms with Crippen LogP contribution in [-0.4, -0.2) is 37.3 Å². The van der Waals surface area contributed by atoms with Gasteiger partial charge >= 0.3 is 6.18 Å². The normalized spacial score (nSPS) is 19.4. The second kappa shape index (κ2) is 5.92. The Balaban J connectivity index is 2.19. The highest BCUT2D eigenvalue weighted by Gasteiger charge is 2.35. The Labute approximate surface area is 111 Å². The largest absolute Gasteiger partial charge is 0.390 e. The molecule has 0 radical (unpaired) electrons. The van der Waals surface area contributed by atoms with Gasteiger partial charge in [-0.25, -0.2) is 0 Å². The molecule has 5 heteroatoms. The van der Waals surface area contributed by atoms with E-state index < -0.39 is 18.6 Å². The molecule has 1 atom stereocenters. The van der Waals surface area contributed by atoms with Crippen LogP contribution in [0.15, 0.2) is 24.3 Å². The number of hydrogen-bond acceptors (Lipinski definition) is 2. The monoisotopic (exact) mass is 272 g/mol. The van der Waals surface area contributed by atoms with Crippen LogP contribution in [0.5, 0.6) is 0 Å². The first-order chi connectivity index (χ1) is 8.96. The molecule has 1 saturated heterocycles. The predicted octanol–water partition coefficient (Wildman–Crippen LogP) is 2.89. The number of alkyl halides is 3. The summed E-state index contributed by atoms with van der Waals surface area (Å²) >= 11 is 0. The molecule has 2 rings (SSSR count). The molecule has 1 N–H and O–H groups in total. The first-order valence-electron chi connectivity index (χ1n) is 6.54. The van der Waals surface area contributed by atoms with Crippen molar-refractivity contribution in [2.45, 2.75) is 25.6 Å². The second-order valence-electron chi connectivity index (χ2n) is 5.03. The summed E-state index contributed by atoms with van der Waals surface area (Å²) in [6, 6.07) is 6.81. The third kappa shape index (κ3) is 4.21. The van der Waals surface area contributed by atoms with E-state index in [0.717, 1.165) is 24.2 Å². The standard InChI is InChI=1S/C14H19F3N2/c1-11-2-4-12(5-3-11)13(10-14(15,16)17)19-8-6-18-7-9-19/h2-5,13,18H,6-10H2,1H3/t13-/m0/s1. The van der Waals surface area contributed by atoms with Gasteiger partial charge < -0.3 is 5.32 Å². The Morgan fingerprint density at radius 2 is 1.74 bits per heavy atom. The minimum absolute atomic E-state index is 0.567. The van der Waals surface area contributed by atoms with Crippen molar-refractivity contribution in [3.63, 3.8) is 0 Å². The molecular formula is C14H19F3N2. The molecule has 1 aliphatic rings. The summed E-state index contributed by atoms with van der Waals surface area (Å²) in [5.74, 6) is 0. The van der Waals surface area contributed by atoms with Crippen LogP contribution < -0.4 is 5.32 Å². The Morgan fingerprint density at radius 1 is 1.16 bits per heavy atom. The average molecular weight is 272 g/mol. The van der Waals surface area contributed by atoms with Crippen molar-refractivity contribution in [3.8, 4) is 0 Å². The number of hydrogen-bond donors (Lipinski definition) is 1. The first kappa shape index (κ1) is 14.3. The molecule has 2 nitrogen and oxygen atoms in total. The zero-order valence-corrected chi connectivity index (χ0v) is 11.0. The summed E-state index contributed by atoms with van der Waals surface area (Å²) in [6.45, 7) is 4.76. The summed E-state index contributed by atoms with van der Waals surface area (Å²) in [7, 11) is 0. The van der Waals surface area contributed by atoms with Gasteiger partial charge in [-0.15, -0.1) is 0 Å². The molecular weight excluding hydrogens is 253 g/mol. The molecule has 0 aliphatic carbocycles. The van der Waals surface area contributed by atoms with E-state index in [1.807, 2.05) is 36.1 Å². The van der Waals surface area contributed by atoms with E-state index in [2.05, 4.69) is 5.32 Å². The van der Waals surface area contributed by atoms with Crippen molar-refractivity contribution in [2.24, 2.45) is 0 Å².